The van der Waals surface area contributed by atoms with E-state index in [1.807, 2.05) is 48.5 Å². The van der Waals surface area contributed by atoms with Gasteiger partial charge in [-0.15, -0.1) is 0 Å². The largest absolute Gasteiger partial charge is 0.468 e. The molecule has 1 saturated carbocycles. The van der Waals surface area contributed by atoms with Crippen molar-refractivity contribution >= 4 is 23.4 Å². The molecule has 2 N–H and O–H groups in total. The number of methoxy groups -OCH3 is 1. The number of carbonyl (C=O) groups is 1. The van der Waals surface area contributed by atoms with Crippen molar-refractivity contribution in [2.45, 2.75) is 50.5 Å². The quantitative estimate of drug-likeness (QED) is 0.394. The molecule has 0 radical (unpaired) electrons. The van der Waals surface area contributed by atoms with Crippen LogP contribution < -0.4 is 10.6 Å². The number of benzene rings is 2. The van der Waals surface area contributed by atoms with Crippen molar-refractivity contribution in [2.24, 2.45) is 0 Å². The van der Waals surface area contributed by atoms with Crippen LogP contribution in [0.1, 0.15) is 44.6 Å². The molecule has 0 amide bonds. The summed E-state index contributed by atoms with van der Waals surface area (Å²) in [5, 5.41) is 6.94. The van der Waals surface area contributed by atoms with Gasteiger partial charge in [-0.3, -0.25) is 9.69 Å². The van der Waals surface area contributed by atoms with E-state index in [2.05, 4.69) is 34.6 Å². The van der Waals surface area contributed by atoms with E-state index in [4.69, 9.17) is 14.7 Å². The predicted octanol–water partition coefficient (Wildman–Crippen LogP) is 5.38. The molecule has 188 valence electrons. The molecule has 2 fully saturated rings. The van der Waals surface area contributed by atoms with Crippen molar-refractivity contribution in [1.29, 1.82) is 0 Å². The Hall–Kier alpha value is -3.45. The van der Waals surface area contributed by atoms with Crippen molar-refractivity contribution < 1.29 is 9.53 Å². The number of hydrogen-bond acceptors (Lipinski definition) is 7. The maximum absolute atomic E-state index is 12.4. The zero-order chi connectivity index (χ0) is 25.0. The Morgan fingerprint density at radius 2 is 1.86 bits per heavy atom. The van der Waals surface area contributed by atoms with Crippen LogP contribution in [0.4, 0.5) is 17.5 Å². The van der Waals surface area contributed by atoms with Gasteiger partial charge in [-0.25, -0.2) is 4.98 Å². The van der Waals surface area contributed by atoms with Crippen molar-refractivity contribution in [3.8, 4) is 11.3 Å². The highest BCUT2D eigenvalue weighted by Gasteiger charge is 2.46. The normalized spacial score (nSPS) is 18.9. The van der Waals surface area contributed by atoms with E-state index in [0.717, 1.165) is 60.7 Å². The molecule has 1 saturated heterocycles. The Balaban J connectivity index is 1.37. The van der Waals surface area contributed by atoms with E-state index in [0.29, 0.717) is 12.0 Å². The fourth-order valence-corrected chi connectivity index (χ4v) is 5.45. The molecule has 7 nitrogen and oxygen atoms in total. The Morgan fingerprint density at radius 1 is 1.08 bits per heavy atom. The van der Waals surface area contributed by atoms with Gasteiger partial charge in [0, 0.05) is 29.9 Å². The first kappa shape index (κ1) is 24.3. The van der Waals surface area contributed by atoms with Crippen molar-refractivity contribution in [3.63, 3.8) is 0 Å². The molecular formula is C29H35N5O2. The highest BCUT2D eigenvalue weighted by Crippen LogP contribution is 2.45. The number of nitrogens with one attached hydrogen (secondary N) is 2. The third-order valence-corrected chi connectivity index (χ3v) is 7.70. The summed E-state index contributed by atoms with van der Waals surface area (Å²) in [4.78, 5) is 24.5. The summed E-state index contributed by atoms with van der Waals surface area (Å²) in [6, 6.07) is 20.7. The van der Waals surface area contributed by atoms with Gasteiger partial charge in [0.05, 0.1) is 18.2 Å². The van der Waals surface area contributed by atoms with Gasteiger partial charge in [0.2, 0.25) is 5.95 Å². The molecule has 1 atom stereocenters. The summed E-state index contributed by atoms with van der Waals surface area (Å²) in [5.41, 5.74) is 3.29. The standard InChI is InChI=1S/C29H35N5O2/c1-3-34-18-7-11-24(34)20-30-26-19-25(21-9-5-4-6-10-21)32-28(33-26)31-23-14-12-22(13-15-23)29(16-8-17-29)27(35)36-2/h4-6,9-10,12-15,19,24H,3,7-8,11,16-18,20H2,1-2H3,(H2,30,31,32,33). The van der Waals surface area contributed by atoms with Gasteiger partial charge < -0.3 is 15.4 Å². The SMILES string of the molecule is CCN1CCCC1CNc1cc(-c2ccccc2)nc(Nc2ccc(C3(C(=O)OC)CCC3)cc2)n1. The smallest absolute Gasteiger partial charge is 0.316 e. The lowest BCUT2D eigenvalue weighted by Gasteiger charge is -2.39. The molecule has 2 aromatic carbocycles. The Morgan fingerprint density at radius 3 is 2.53 bits per heavy atom. The zero-order valence-electron chi connectivity index (χ0n) is 21.2. The van der Waals surface area contributed by atoms with Crippen LogP contribution in [0.25, 0.3) is 11.3 Å². The van der Waals surface area contributed by atoms with Gasteiger partial charge in [0.15, 0.2) is 0 Å². The minimum atomic E-state index is -0.499. The number of esters is 1. The van der Waals surface area contributed by atoms with Crippen LogP contribution >= 0.6 is 0 Å². The van der Waals surface area contributed by atoms with E-state index in [9.17, 15) is 4.79 Å². The summed E-state index contributed by atoms with van der Waals surface area (Å²) in [6.07, 6.45) is 5.17. The topological polar surface area (TPSA) is 79.4 Å². The first-order valence-electron chi connectivity index (χ1n) is 13.0. The van der Waals surface area contributed by atoms with E-state index < -0.39 is 5.41 Å². The predicted molar refractivity (Wildman–Crippen MR) is 143 cm³/mol. The second kappa shape index (κ2) is 10.7. The number of likely N-dealkylation sites (N-methyl/N-ethyl adjacent to an activating group) is 1. The summed E-state index contributed by atoms with van der Waals surface area (Å²) in [7, 11) is 1.47. The third kappa shape index (κ3) is 4.93. The van der Waals surface area contributed by atoms with Crippen LogP contribution in [0.15, 0.2) is 60.7 Å². The van der Waals surface area contributed by atoms with Crippen LogP contribution in [0.5, 0.6) is 0 Å². The minimum absolute atomic E-state index is 0.145. The van der Waals surface area contributed by atoms with Gasteiger partial charge in [0.1, 0.15) is 5.82 Å². The molecule has 2 aliphatic rings. The van der Waals surface area contributed by atoms with Gasteiger partial charge in [-0.1, -0.05) is 55.8 Å². The van der Waals surface area contributed by atoms with Crippen LogP contribution in [0.3, 0.4) is 0 Å². The monoisotopic (exact) mass is 485 g/mol. The fraction of sp³-hybridized carbons (Fsp3) is 0.414. The van der Waals surface area contributed by atoms with E-state index >= 15 is 0 Å². The molecule has 0 bridgehead atoms. The molecule has 1 aliphatic carbocycles. The molecule has 1 aromatic heterocycles. The summed E-state index contributed by atoms with van der Waals surface area (Å²) in [5.74, 6) is 1.20. The highest BCUT2D eigenvalue weighted by atomic mass is 16.5. The molecule has 3 aromatic rings. The number of nitrogens with zero attached hydrogens (tertiary/aromatic N) is 3. The molecular weight excluding hydrogens is 450 g/mol. The number of anilines is 3. The molecule has 0 spiro atoms. The summed E-state index contributed by atoms with van der Waals surface area (Å²) >= 11 is 0. The van der Waals surface area contributed by atoms with Crippen molar-refractivity contribution in [3.05, 3.63) is 66.2 Å². The number of carbonyl (C=O) groups excluding carboxylic acids is 1. The van der Waals surface area contributed by atoms with E-state index in [1.54, 1.807) is 0 Å². The highest BCUT2D eigenvalue weighted by molar-refractivity contribution is 5.84. The fourth-order valence-electron chi connectivity index (χ4n) is 5.45. The lowest BCUT2D eigenvalue weighted by molar-refractivity contribution is -0.151. The van der Waals surface area contributed by atoms with Crippen LogP contribution in [0.2, 0.25) is 0 Å². The summed E-state index contributed by atoms with van der Waals surface area (Å²) in [6.45, 7) is 5.33. The van der Waals surface area contributed by atoms with Gasteiger partial charge in [-0.05, 0) is 56.5 Å². The van der Waals surface area contributed by atoms with Crippen LogP contribution in [0, 0.1) is 0 Å². The number of ether oxygens (including phenoxy) is 1. The van der Waals surface area contributed by atoms with Gasteiger partial charge >= 0.3 is 5.97 Å². The molecule has 7 heteroatoms. The van der Waals surface area contributed by atoms with E-state index in [1.165, 1.54) is 26.5 Å². The molecule has 2 heterocycles. The first-order valence-corrected chi connectivity index (χ1v) is 13.0. The average Bonchev–Trinajstić information content (AvgIpc) is 3.36. The van der Waals surface area contributed by atoms with Crippen LogP contribution in [-0.4, -0.2) is 53.6 Å². The summed E-state index contributed by atoms with van der Waals surface area (Å²) < 4.78 is 5.10. The third-order valence-electron chi connectivity index (χ3n) is 7.70. The zero-order valence-corrected chi connectivity index (χ0v) is 21.2. The van der Waals surface area contributed by atoms with Crippen molar-refractivity contribution in [2.75, 3.05) is 37.4 Å². The Bertz CT molecular complexity index is 1180. The number of likely N-dealkylation sites (tertiary alicyclic amines) is 1. The number of hydrogen-bond donors (Lipinski definition) is 2. The molecule has 1 aliphatic heterocycles. The van der Waals surface area contributed by atoms with Gasteiger partial charge in [0.25, 0.3) is 0 Å². The van der Waals surface area contributed by atoms with Gasteiger partial charge in [-0.2, -0.15) is 4.98 Å². The maximum Gasteiger partial charge on any atom is 0.316 e. The first-order chi connectivity index (χ1) is 17.6. The van der Waals surface area contributed by atoms with Crippen LogP contribution in [-0.2, 0) is 14.9 Å². The second-order valence-electron chi connectivity index (χ2n) is 9.76. The second-order valence-corrected chi connectivity index (χ2v) is 9.76. The number of rotatable bonds is 9. The van der Waals surface area contributed by atoms with E-state index in [-0.39, 0.29) is 5.97 Å². The lowest BCUT2D eigenvalue weighted by Crippen LogP contribution is -2.43. The number of aromatic nitrogens is 2. The maximum atomic E-state index is 12.4. The average molecular weight is 486 g/mol. The molecule has 36 heavy (non-hydrogen) atoms. The minimum Gasteiger partial charge on any atom is -0.468 e. The van der Waals surface area contributed by atoms with Crippen molar-refractivity contribution in [1.82, 2.24) is 14.9 Å². The molecule has 5 rings (SSSR count). The lowest BCUT2D eigenvalue weighted by atomic mass is 9.64. The molecule has 1 unspecified atom stereocenters. The Labute approximate surface area is 213 Å². The Kier molecular flexibility index (Phi) is 7.18.